The van der Waals surface area contributed by atoms with Crippen LogP contribution < -0.4 is 5.32 Å². The Labute approximate surface area is 170 Å². The highest BCUT2D eigenvalue weighted by Gasteiger charge is 2.24. The number of benzene rings is 2. The molecular weight excluding hydrogens is 390 g/mol. The highest BCUT2D eigenvalue weighted by Crippen LogP contribution is 2.31. The highest BCUT2D eigenvalue weighted by atomic mass is 32.2. The van der Waals surface area contributed by atoms with Crippen molar-refractivity contribution in [3.63, 3.8) is 0 Å². The van der Waals surface area contributed by atoms with Gasteiger partial charge in [-0.25, -0.2) is 4.99 Å². The van der Waals surface area contributed by atoms with Gasteiger partial charge in [-0.05, 0) is 66.7 Å². The quantitative estimate of drug-likeness (QED) is 0.444. The van der Waals surface area contributed by atoms with E-state index in [9.17, 15) is 14.9 Å². The predicted molar refractivity (Wildman–Crippen MR) is 113 cm³/mol. The molecule has 0 bridgehead atoms. The third kappa shape index (κ3) is 4.27. The molecule has 2 aromatic carbocycles. The van der Waals surface area contributed by atoms with Crippen LogP contribution in [0.2, 0.25) is 0 Å². The van der Waals surface area contributed by atoms with E-state index >= 15 is 0 Å². The maximum atomic E-state index is 11.9. The van der Waals surface area contributed by atoms with Gasteiger partial charge in [0.2, 0.25) is 0 Å². The molecule has 144 valence electrons. The van der Waals surface area contributed by atoms with Gasteiger partial charge < -0.3 is 9.73 Å². The Morgan fingerprint density at radius 2 is 1.93 bits per heavy atom. The SMILES string of the molecule is Cc1cccc(N=C2NC(=O)S/C2=C\c2ccc(-c3ccc([N+](=O)[O-])cc3)o2)c1. The number of nitrogens with zero attached hydrogens (tertiary/aromatic N) is 2. The molecule has 29 heavy (non-hydrogen) atoms. The second kappa shape index (κ2) is 7.76. The molecule has 7 nitrogen and oxygen atoms in total. The Morgan fingerprint density at radius 1 is 1.14 bits per heavy atom. The van der Waals surface area contributed by atoms with Crippen molar-refractivity contribution in [1.82, 2.24) is 5.32 Å². The average molecular weight is 405 g/mol. The minimum atomic E-state index is -0.446. The number of aliphatic imine (C=N–C) groups is 1. The molecule has 4 rings (SSSR count). The number of hydrogen-bond acceptors (Lipinski definition) is 6. The van der Waals surface area contributed by atoms with Gasteiger partial charge in [0.05, 0.1) is 15.5 Å². The van der Waals surface area contributed by atoms with E-state index in [-0.39, 0.29) is 10.9 Å². The second-order valence-corrected chi connectivity index (χ2v) is 7.34. The van der Waals surface area contributed by atoms with Gasteiger partial charge in [0.15, 0.2) is 0 Å². The van der Waals surface area contributed by atoms with Gasteiger partial charge in [-0.1, -0.05) is 12.1 Å². The molecule has 0 radical (unpaired) electrons. The minimum absolute atomic E-state index is 0.0200. The van der Waals surface area contributed by atoms with Crippen molar-refractivity contribution in [2.75, 3.05) is 0 Å². The molecule has 1 aromatic heterocycles. The molecule has 2 heterocycles. The van der Waals surface area contributed by atoms with Crippen LogP contribution in [0.25, 0.3) is 17.4 Å². The molecule has 0 atom stereocenters. The number of rotatable bonds is 4. The smallest absolute Gasteiger partial charge is 0.289 e. The van der Waals surface area contributed by atoms with Crippen molar-refractivity contribution in [3.05, 3.63) is 87.0 Å². The summed E-state index contributed by atoms with van der Waals surface area (Å²) in [6.45, 7) is 1.98. The Hall–Kier alpha value is -3.65. The number of carbonyl (C=O) groups excluding carboxylic acids is 1. The topological polar surface area (TPSA) is 97.7 Å². The molecule has 3 aromatic rings. The largest absolute Gasteiger partial charge is 0.457 e. The summed E-state index contributed by atoms with van der Waals surface area (Å²) >= 11 is 1.05. The number of nitro groups is 1. The van der Waals surface area contributed by atoms with Crippen molar-refractivity contribution in [2.45, 2.75) is 6.92 Å². The monoisotopic (exact) mass is 405 g/mol. The first-order chi connectivity index (χ1) is 14.0. The van der Waals surface area contributed by atoms with E-state index in [0.29, 0.717) is 22.3 Å². The van der Waals surface area contributed by atoms with E-state index in [2.05, 4.69) is 10.3 Å². The van der Waals surface area contributed by atoms with E-state index in [1.807, 2.05) is 31.2 Å². The fourth-order valence-corrected chi connectivity index (χ4v) is 3.52. The lowest BCUT2D eigenvalue weighted by Gasteiger charge is -2.00. The summed E-state index contributed by atoms with van der Waals surface area (Å²) in [7, 11) is 0. The average Bonchev–Trinajstić information content (AvgIpc) is 3.29. The minimum Gasteiger partial charge on any atom is -0.457 e. The van der Waals surface area contributed by atoms with Gasteiger partial charge in [0.25, 0.3) is 10.9 Å². The van der Waals surface area contributed by atoms with Crippen LogP contribution in [-0.4, -0.2) is 16.0 Å². The lowest BCUT2D eigenvalue weighted by atomic mass is 10.1. The Balaban J connectivity index is 1.61. The summed E-state index contributed by atoms with van der Waals surface area (Å²) in [5.74, 6) is 1.60. The predicted octanol–water partition coefficient (Wildman–Crippen LogP) is 5.69. The summed E-state index contributed by atoms with van der Waals surface area (Å²) in [4.78, 5) is 27.4. The van der Waals surface area contributed by atoms with Gasteiger partial charge in [0, 0.05) is 17.7 Å². The number of thioether (sulfide) groups is 1. The Kier molecular flexibility index (Phi) is 5.01. The number of aryl methyl sites for hydroxylation is 1. The van der Waals surface area contributed by atoms with Crippen LogP contribution in [-0.2, 0) is 0 Å². The normalized spacial score (nSPS) is 16.4. The molecule has 0 unspecified atom stereocenters. The van der Waals surface area contributed by atoms with Crippen LogP contribution in [0.5, 0.6) is 0 Å². The zero-order chi connectivity index (χ0) is 20.4. The molecule has 1 fully saturated rings. The third-order valence-electron chi connectivity index (χ3n) is 4.16. The molecular formula is C21H15N3O4S. The Morgan fingerprint density at radius 3 is 2.66 bits per heavy atom. The van der Waals surface area contributed by atoms with E-state index < -0.39 is 4.92 Å². The Bertz CT molecular complexity index is 1160. The zero-order valence-corrected chi connectivity index (χ0v) is 16.1. The molecule has 1 amide bonds. The number of carbonyl (C=O) groups is 1. The van der Waals surface area contributed by atoms with Gasteiger partial charge in [-0.3, -0.25) is 14.9 Å². The van der Waals surface area contributed by atoms with E-state index in [1.165, 1.54) is 12.1 Å². The second-order valence-electron chi connectivity index (χ2n) is 6.33. The molecule has 1 N–H and O–H groups in total. The molecule has 0 spiro atoms. The van der Waals surface area contributed by atoms with E-state index in [1.54, 1.807) is 30.3 Å². The van der Waals surface area contributed by atoms with Crippen molar-refractivity contribution in [1.29, 1.82) is 0 Å². The van der Waals surface area contributed by atoms with Gasteiger partial charge >= 0.3 is 0 Å². The summed E-state index contributed by atoms with van der Waals surface area (Å²) in [5, 5.41) is 13.3. The van der Waals surface area contributed by atoms with Crippen LogP contribution in [0.4, 0.5) is 16.2 Å². The standard InChI is InChI=1S/C21H15N3O4S/c1-13-3-2-4-15(11-13)22-20-19(29-21(25)23-20)12-17-9-10-18(28-17)14-5-7-16(8-6-14)24(26)27/h2-12H,1H3,(H,22,23,25)/b19-12-. The van der Waals surface area contributed by atoms with Crippen molar-refractivity contribution >= 4 is 40.3 Å². The van der Waals surface area contributed by atoms with Crippen LogP contribution in [0.3, 0.4) is 0 Å². The van der Waals surface area contributed by atoms with Crippen LogP contribution >= 0.6 is 11.8 Å². The number of hydrogen-bond donors (Lipinski definition) is 1. The number of furan rings is 1. The van der Waals surface area contributed by atoms with Gasteiger partial charge in [-0.15, -0.1) is 0 Å². The number of nitro benzene ring substituents is 1. The summed E-state index contributed by atoms with van der Waals surface area (Å²) in [6, 6.07) is 17.4. The first kappa shape index (κ1) is 18.7. The number of amidine groups is 1. The number of nitrogens with one attached hydrogen (secondary N) is 1. The van der Waals surface area contributed by atoms with Crippen molar-refractivity contribution in [3.8, 4) is 11.3 Å². The molecule has 1 aliphatic rings. The summed E-state index contributed by atoms with van der Waals surface area (Å²) < 4.78 is 5.83. The molecule has 8 heteroatoms. The lowest BCUT2D eigenvalue weighted by Crippen LogP contribution is -2.18. The summed E-state index contributed by atoms with van der Waals surface area (Å²) in [5.41, 5.74) is 2.57. The highest BCUT2D eigenvalue weighted by molar-refractivity contribution is 8.18. The van der Waals surface area contributed by atoms with Crippen molar-refractivity contribution < 1.29 is 14.1 Å². The summed E-state index contributed by atoms with van der Waals surface area (Å²) in [6.07, 6.45) is 1.74. The maximum absolute atomic E-state index is 11.9. The third-order valence-corrected chi connectivity index (χ3v) is 4.98. The van der Waals surface area contributed by atoms with Crippen LogP contribution in [0.1, 0.15) is 11.3 Å². The van der Waals surface area contributed by atoms with Gasteiger partial charge in [-0.2, -0.15) is 0 Å². The van der Waals surface area contributed by atoms with Crippen LogP contribution in [0, 0.1) is 17.0 Å². The number of non-ortho nitro benzene ring substituents is 1. The lowest BCUT2D eigenvalue weighted by molar-refractivity contribution is -0.384. The van der Waals surface area contributed by atoms with Gasteiger partial charge in [0.1, 0.15) is 17.4 Å². The molecule has 1 saturated heterocycles. The number of amides is 1. The van der Waals surface area contributed by atoms with Crippen molar-refractivity contribution in [2.24, 2.45) is 4.99 Å². The van der Waals surface area contributed by atoms with E-state index in [0.717, 1.165) is 28.6 Å². The maximum Gasteiger partial charge on any atom is 0.289 e. The molecule has 1 aliphatic heterocycles. The fourth-order valence-electron chi connectivity index (χ4n) is 2.80. The first-order valence-corrected chi connectivity index (χ1v) is 9.50. The zero-order valence-electron chi connectivity index (χ0n) is 15.3. The molecule has 0 saturated carbocycles. The van der Waals surface area contributed by atoms with Crippen LogP contribution in [0.15, 0.2) is 75.0 Å². The molecule has 0 aliphatic carbocycles. The fraction of sp³-hybridized carbons (Fsp3) is 0.0476. The van der Waals surface area contributed by atoms with E-state index in [4.69, 9.17) is 4.42 Å². The first-order valence-electron chi connectivity index (χ1n) is 8.69.